The molecule has 0 aromatic rings. The maximum atomic E-state index is 13.7. The number of rotatable bonds is 4. The van der Waals surface area contributed by atoms with Gasteiger partial charge in [-0.15, -0.1) is 0 Å². The first-order chi connectivity index (χ1) is 9.43. The first-order valence-corrected chi connectivity index (χ1v) is 6.03. The Bertz CT molecular complexity index is 371. The lowest BCUT2D eigenvalue weighted by Crippen LogP contribution is -2.61. The molecule has 1 fully saturated rings. The number of allylic oxidation sites excluding steroid dienone is 2. The Labute approximate surface area is 116 Å². The second-order valence-electron chi connectivity index (χ2n) is 4.57. The SMILES string of the molecule is C/C=C\C(F)(F)C(F)C(F)(F)N1CCN(C(F)(F)F)CC1. The highest BCUT2D eigenvalue weighted by Crippen LogP contribution is 2.38. The van der Waals surface area contributed by atoms with Crippen LogP contribution in [0.2, 0.25) is 0 Å². The number of halogens is 8. The summed E-state index contributed by atoms with van der Waals surface area (Å²) in [5.74, 6) is -4.40. The molecule has 0 aromatic carbocycles. The number of hydrogen-bond donors (Lipinski definition) is 0. The van der Waals surface area contributed by atoms with Crippen LogP contribution in [0, 0.1) is 0 Å². The van der Waals surface area contributed by atoms with Gasteiger partial charge in [-0.3, -0.25) is 0 Å². The molecule has 0 N–H and O–H groups in total. The summed E-state index contributed by atoms with van der Waals surface area (Å²) < 4.78 is 104. The Kier molecular flexibility index (Phi) is 5.25. The molecule has 0 spiro atoms. The van der Waals surface area contributed by atoms with Gasteiger partial charge < -0.3 is 0 Å². The van der Waals surface area contributed by atoms with E-state index in [0.717, 1.165) is 13.0 Å². The Morgan fingerprint density at radius 2 is 1.29 bits per heavy atom. The van der Waals surface area contributed by atoms with Crippen molar-refractivity contribution in [2.45, 2.75) is 31.4 Å². The minimum atomic E-state index is -4.69. The summed E-state index contributed by atoms with van der Waals surface area (Å²) in [6.07, 6.45) is -7.80. The summed E-state index contributed by atoms with van der Waals surface area (Å²) in [7, 11) is 0. The lowest BCUT2D eigenvalue weighted by Gasteiger charge is -2.40. The second kappa shape index (κ2) is 6.07. The number of alkyl halides is 8. The van der Waals surface area contributed by atoms with E-state index in [2.05, 4.69) is 0 Å². The molecule has 0 bridgehead atoms. The van der Waals surface area contributed by atoms with Crippen molar-refractivity contribution in [3.8, 4) is 0 Å². The lowest BCUT2D eigenvalue weighted by atomic mass is 10.1. The van der Waals surface area contributed by atoms with Gasteiger partial charge in [0.25, 0.3) is 0 Å². The van der Waals surface area contributed by atoms with Crippen molar-refractivity contribution in [2.75, 3.05) is 26.2 Å². The molecule has 1 atom stereocenters. The molecule has 1 rings (SSSR count). The van der Waals surface area contributed by atoms with Crippen molar-refractivity contribution in [3.63, 3.8) is 0 Å². The molecule has 0 radical (unpaired) electrons. The summed E-state index contributed by atoms with van der Waals surface area (Å²) in [5, 5.41) is 0. The smallest absolute Gasteiger partial charge is 0.239 e. The lowest BCUT2D eigenvalue weighted by molar-refractivity contribution is -0.280. The highest BCUT2D eigenvalue weighted by molar-refractivity contribution is 5.02. The Hall–Kier alpha value is -0.900. The first-order valence-electron chi connectivity index (χ1n) is 6.03. The van der Waals surface area contributed by atoms with Crippen LogP contribution in [0.25, 0.3) is 0 Å². The van der Waals surface area contributed by atoms with Crippen LogP contribution in [0.1, 0.15) is 6.92 Å². The molecule has 0 amide bonds. The van der Waals surface area contributed by atoms with E-state index in [4.69, 9.17) is 0 Å². The van der Waals surface area contributed by atoms with Crippen LogP contribution in [0.3, 0.4) is 0 Å². The molecule has 10 heteroatoms. The maximum absolute atomic E-state index is 13.7. The topological polar surface area (TPSA) is 6.48 Å². The van der Waals surface area contributed by atoms with Gasteiger partial charge in [0.05, 0.1) is 0 Å². The van der Waals surface area contributed by atoms with E-state index in [-0.39, 0.29) is 15.9 Å². The van der Waals surface area contributed by atoms with Crippen LogP contribution < -0.4 is 0 Å². The van der Waals surface area contributed by atoms with Crippen LogP contribution in [0.15, 0.2) is 12.2 Å². The van der Waals surface area contributed by atoms with E-state index in [9.17, 15) is 35.1 Å². The minimum Gasteiger partial charge on any atom is -0.239 e. The molecule has 1 unspecified atom stereocenters. The van der Waals surface area contributed by atoms with Gasteiger partial charge >= 0.3 is 18.3 Å². The average Bonchev–Trinajstić information content (AvgIpc) is 2.37. The zero-order valence-electron chi connectivity index (χ0n) is 11.0. The molecule has 0 aliphatic carbocycles. The molecule has 1 saturated heterocycles. The molecular formula is C11H14F8N2. The third-order valence-electron chi connectivity index (χ3n) is 3.09. The second-order valence-corrected chi connectivity index (χ2v) is 4.57. The van der Waals surface area contributed by atoms with Crippen LogP contribution in [-0.2, 0) is 0 Å². The van der Waals surface area contributed by atoms with Crippen molar-refractivity contribution in [1.82, 2.24) is 9.80 Å². The van der Waals surface area contributed by atoms with E-state index < -0.39 is 50.6 Å². The van der Waals surface area contributed by atoms with Gasteiger partial charge in [-0.1, -0.05) is 6.08 Å². The van der Waals surface area contributed by atoms with Gasteiger partial charge in [-0.2, -0.15) is 30.7 Å². The summed E-state index contributed by atoms with van der Waals surface area (Å²) in [4.78, 5) is -0.0196. The van der Waals surface area contributed by atoms with Crippen molar-refractivity contribution < 1.29 is 35.1 Å². The number of hydrogen-bond acceptors (Lipinski definition) is 2. The van der Waals surface area contributed by atoms with Gasteiger partial charge in [-0.05, 0) is 13.0 Å². The maximum Gasteiger partial charge on any atom is 0.460 e. The first kappa shape index (κ1) is 18.1. The normalized spacial score (nSPS) is 22.0. The van der Waals surface area contributed by atoms with E-state index in [0.29, 0.717) is 0 Å². The van der Waals surface area contributed by atoms with Gasteiger partial charge in [0.15, 0.2) is 0 Å². The van der Waals surface area contributed by atoms with Crippen molar-refractivity contribution >= 4 is 0 Å². The van der Waals surface area contributed by atoms with Gasteiger partial charge in [0.1, 0.15) is 0 Å². The largest absolute Gasteiger partial charge is 0.460 e. The van der Waals surface area contributed by atoms with E-state index >= 15 is 0 Å². The van der Waals surface area contributed by atoms with E-state index in [1.807, 2.05) is 0 Å². The molecule has 1 aliphatic heterocycles. The minimum absolute atomic E-state index is 0.00244. The standard InChI is InChI=1S/C11H14F8N2/c1-2-3-9(13,14)8(12)10(15,16)20-4-6-21(7-5-20)11(17,18)19/h2-3,8H,4-7H2,1H3/b3-2-. The highest BCUT2D eigenvalue weighted by Gasteiger charge is 2.58. The summed E-state index contributed by atoms with van der Waals surface area (Å²) >= 11 is 0. The molecular weight excluding hydrogens is 312 g/mol. The Balaban J connectivity index is 2.77. The van der Waals surface area contributed by atoms with Crippen LogP contribution in [0.4, 0.5) is 35.1 Å². The predicted molar refractivity (Wildman–Crippen MR) is 58.8 cm³/mol. The summed E-state index contributed by atoms with van der Waals surface area (Å²) in [6.45, 7) is -2.28. The zero-order valence-corrected chi connectivity index (χ0v) is 11.0. The number of piperazine rings is 1. The molecule has 0 saturated carbocycles. The molecule has 124 valence electrons. The fourth-order valence-corrected chi connectivity index (χ4v) is 1.96. The van der Waals surface area contributed by atoms with E-state index in [1.54, 1.807) is 0 Å². The quantitative estimate of drug-likeness (QED) is 0.444. The fourth-order valence-electron chi connectivity index (χ4n) is 1.96. The third kappa shape index (κ3) is 4.06. The summed E-state index contributed by atoms with van der Waals surface area (Å²) in [6, 6.07) is -4.55. The third-order valence-corrected chi connectivity index (χ3v) is 3.09. The summed E-state index contributed by atoms with van der Waals surface area (Å²) in [5.41, 5.74) is 0. The van der Waals surface area contributed by atoms with Gasteiger partial charge in [-0.25, -0.2) is 14.2 Å². The number of nitrogens with zero attached hydrogens (tertiary/aromatic N) is 2. The molecule has 0 aromatic heterocycles. The molecule has 1 aliphatic rings. The van der Waals surface area contributed by atoms with Gasteiger partial charge in [0, 0.05) is 26.2 Å². The van der Waals surface area contributed by atoms with Crippen molar-refractivity contribution in [2.24, 2.45) is 0 Å². The average molecular weight is 326 g/mol. The van der Waals surface area contributed by atoms with Crippen molar-refractivity contribution in [3.05, 3.63) is 12.2 Å². The molecule has 21 heavy (non-hydrogen) atoms. The fraction of sp³-hybridized carbons (Fsp3) is 0.818. The van der Waals surface area contributed by atoms with Crippen LogP contribution in [0.5, 0.6) is 0 Å². The van der Waals surface area contributed by atoms with E-state index in [1.165, 1.54) is 0 Å². The Morgan fingerprint density at radius 3 is 1.67 bits per heavy atom. The van der Waals surface area contributed by atoms with Crippen LogP contribution in [-0.4, -0.2) is 60.4 Å². The molecule has 2 nitrogen and oxygen atoms in total. The monoisotopic (exact) mass is 326 g/mol. The highest BCUT2D eigenvalue weighted by atomic mass is 19.4. The van der Waals surface area contributed by atoms with Gasteiger partial charge in [0.2, 0.25) is 6.17 Å². The molecule has 1 heterocycles. The Morgan fingerprint density at radius 1 is 0.857 bits per heavy atom. The zero-order chi connectivity index (χ0) is 16.5. The van der Waals surface area contributed by atoms with Crippen molar-refractivity contribution in [1.29, 1.82) is 0 Å². The van der Waals surface area contributed by atoms with Crippen LogP contribution >= 0.6 is 0 Å². The predicted octanol–water partition coefficient (Wildman–Crippen LogP) is 3.27.